The van der Waals surface area contributed by atoms with Crippen LogP contribution in [-0.2, 0) is 14.4 Å². The average molecular weight is 603 g/mol. The zero-order valence-corrected chi connectivity index (χ0v) is 27.8. The number of phenols is 2. The molecule has 3 rings (SSSR count). The second-order valence-electron chi connectivity index (χ2n) is 14.3. The van der Waals surface area contributed by atoms with Crippen LogP contribution in [0.25, 0.3) is 5.76 Å². The Labute approximate surface area is 263 Å². The maximum absolute atomic E-state index is 15.2. The van der Waals surface area contributed by atoms with E-state index in [1.165, 1.54) is 12.1 Å². The van der Waals surface area contributed by atoms with Crippen molar-refractivity contribution in [3.8, 4) is 11.5 Å². The van der Waals surface area contributed by atoms with Gasteiger partial charge in [-0.15, -0.1) is 0 Å². The smallest absolute Gasteiger partial charge is 0.184 e. The van der Waals surface area contributed by atoms with Gasteiger partial charge in [0, 0.05) is 5.56 Å². The van der Waals surface area contributed by atoms with Gasteiger partial charge in [0.1, 0.15) is 16.7 Å². The van der Waals surface area contributed by atoms with Crippen LogP contribution >= 0.6 is 0 Å². The lowest BCUT2D eigenvalue weighted by Gasteiger charge is -2.60. The lowest BCUT2D eigenvalue weighted by atomic mass is 9.38. The van der Waals surface area contributed by atoms with Crippen molar-refractivity contribution in [2.24, 2.45) is 39.9 Å². The van der Waals surface area contributed by atoms with E-state index in [1.807, 2.05) is 66.7 Å². The van der Waals surface area contributed by atoms with E-state index >= 15 is 4.79 Å². The number of aromatic hydroxyl groups is 2. The van der Waals surface area contributed by atoms with Crippen LogP contribution in [0.4, 0.5) is 0 Å². The predicted octanol–water partition coefficient (Wildman–Crippen LogP) is 8.47. The Morgan fingerprint density at radius 3 is 2.09 bits per heavy atom. The molecule has 6 heteroatoms. The molecule has 0 unspecified atom stereocenters. The summed E-state index contributed by atoms with van der Waals surface area (Å²) >= 11 is 0. The first-order valence-electron chi connectivity index (χ1n) is 15.6. The van der Waals surface area contributed by atoms with E-state index in [-0.39, 0.29) is 48.5 Å². The van der Waals surface area contributed by atoms with E-state index in [2.05, 4.69) is 32.6 Å². The van der Waals surface area contributed by atoms with Crippen molar-refractivity contribution in [1.82, 2.24) is 0 Å². The molecule has 2 bridgehead atoms. The Balaban J connectivity index is 2.49. The van der Waals surface area contributed by atoms with Crippen molar-refractivity contribution in [3.63, 3.8) is 0 Å². The van der Waals surface area contributed by atoms with Gasteiger partial charge in [-0.1, -0.05) is 89.6 Å². The highest BCUT2D eigenvalue weighted by Crippen LogP contribution is 2.65. The fourth-order valence-electron chi connectivity index (χ4n) is 6.80. The Bertz CT molecular complexity index is 1460. The number of aliphatic hydroxyl groups is 1. The molecule has 2 aliphatic rings. The maximum atomic E-state index is 15.2. The molecule has 2 fully saturated rings. The van der Waals surface area contributed by atoms with E-state index in [4.69, 9.17) is 0 Å². The lowest BCUT2D eigenvalue weighted by Crippen LogP contribution is -2.69. The zero-order chi connectivity index (χ0) is 33.4. The molecule has 1 aromatic carbocycles. The molecule has 0 saturated heterocycles. The first-order chi connectivity index (χ1) is 20.3. The van der Waals surface area contributed by atoms with Gasteiger partial charge < -0.3 is 15.3 Å². The molecule has 0 aliphatic heterocycles. The Kier molecular flexibility index (Phi) is 10.1. The summed E-state index contributed by atoms with van der Waals surface area (Å²) in [7, 11) is 0. The van der Waals surface area contributed by atoms with Gasteiger partial charge in [-0.2, -0.15) is 0 Å². The standard InChI is InChI=1S/C38H50O6/c1-22(2)11-13-27(25(7)8)20-37-21-28(15-12-23(3)4)36(9,10)38(35(37)44,18-17-24(5)6)34(43)31(33(37)42)32(41)26-14-16-29(39)30(40)19-26/h11-17,19,22-23,27-28,39-41H,7,18,20-21H2,1-6,8-10H3/b13-11+,15-12-,32-31+/t27-,28+,37+,38-/m0/s1. The fourth-order valence-corrected chi connectivity index (χ4v) is 6.80. The summed E-state index contributed by atoms with van der Waals surface area (Å²) in [6, 6.07) is 3.63. The van der Waals surface area contributed by atoms with Gasteiger partial charge in [0.2, 0.25) is 0 Å². The Morgan fingerprint density at radius 2 is 1.57 bits per heavy atom. The molecule has 2 aliphatic carbocycles. The molecular formula is C38H50O6. The van der Waals surface area contributed by atoms with Crippen molar-refractivity contribution in [2.75, 3.05) is 0 Å². The normalized spacial score (nSPS) is 27.0. The minimum Gasteiger partial charge on any atom is -0.506 e. The number of ketones is 3. The summed E-state index contributed by atoms with van der Waals surface area (Å²) in [6.45, 7) is 21.9. The predicted molar refractivity (Wildman–Crippen MR) is 176 cm³/mol. The topological polar surface area (TPSA) is 112 Å². The molecule has 3 N–H and O–H groups in total. The molecule has 1 aromatic rings. The van der Waals surface area contributed by atoms with E-state index in [0.717, 1.165) is 17.2 Å². The fraction of sp³-hybridized carbons (Fsp3) is 0.500. The number of phenolic OH excluding ortho intramolecular Hbond substituents is 2. The third-order valence-corrected chi connectivity index (χ3v) is 9.65. The summed E-state index contributed by atoms with van der Waals surface area (Å²) in [4.78, 5) is 44.9. The highest BCUT2D eigenvalue weighted by atomic mass is 16.3. The Hall–Kier alpha value is -3.67. The average Bonchev–Trinajstić information content (AvgIpc) is 2.91. The number of benzene rings is 1. The van der Waals surface area contributed by atoms with Crippen LogP contribution < -0.4 is 0 Å². The summed E-state index contributed by atoms with van der Waals surface area (Å²) in [5, 5.41) is 31.7. The van der Waals surface area contributed by atoms with E-state index in [9.17, 15) is 24.9 Å². The SMILES string of the molecule is C=C(C)[C@@H](/C=C/C(C)C)C[C@@]12C[C@@H](/C=C\C(C)C)C(C)(C)[C@@](CC=C(C)C)(C(=O)/C(=C(/O)c3ccc(O)c(O)c3)C1=O)C2=O. The number of carbonyl (C=O) groups excluding carboxylic acids is 3. The van der Waals surface area contributed by atoms with Crippen LogP contribution in [-0.4, -0.2) is 32.7 Å². The molecule has 238 valence electrons. The molecule has 6 nitrogen and oxygen atoms in total. The largest absolute Gasteiger partial charge is 0.506 e. The van der Waals surface area contributed by atoms with Gasteiger partial charge in [0.25, 0.3) is 0 Å². The molecule has 0 amide bonds. The van der Waals surface area contributed by atoms with Gasteiger partial charge in [-0.25, -0.2) is 0 Å². The molecule has 0 heterocycles. The summed E-state index contributed by atoms with van der Waals surface area (Å²) in [6.07, 6.45) is 10.4. The number of aliphatic hydroxyl groups excluding tert-OH is 1. The highest BCUT2D eigenvalue weighted by Gasteiger charge is 2.73. The van der Waals surface area contributed by atoms with Crippen molar-refractivity contribution in [3.05, 3.63) is 77.4 Å². The minimum atomic E-state index is -1.65. The van der Waals surface area contributed by atoms with E-state index in [1.54, 1.807) is 0 Å². The lowest BCUT2D eigenvalue weighted by molar-refractivity contribution is -0.174. The number of carbonyl (C=O) groups is 3. The molecule has 0 aromatic heterocycles. The number of Topliss-reactive ketones (excluding diaryl/α,β-unsaturated/α-hetero) is 3. The Morgan fingerprint density at radius 1 is 0.955 bits per heavy atom. The second-order valence-corrected chi connectivity index (χ2v) is 14.3. The number of hydrogen-bond acceptors (Lipinski definition) is 6. The van der Waals surface area contributed by atoms with Crippen LogP contribution in [0, 0.1) is 39.9 Å². The zero-order valence-electron chi connectivity index (χ0n) is 27.8. The summed E-state index contributed by atoms with van der Waals surface area (Å²) < 4.78 is 0. The second kappa shape index (κ2) is 12.7. The number of allylic oxidation sites excluding steroid dienone is 8. The van der Waals surface area contributed by atoms with Gasteiger partial charge in [0.15, 0.2) is 28.8 Å². The molecule has 0 spiro atoms. The van der Waals surface area contributed by atoms with Crippen molar-refractivity contribution < 1.29 is 29.7 Å². The quantitative estimate of drug-likeness (QED) is 0.0618. The van der Waals surface area contributed by atoms with Crippen LogP contribution in [0.2, 0.25) is 0 Å². The first-order valence-corrected chi connectivity index (χ1v) is 15.6. The van der Waals surface area contributed by atoms with Crippen molar-refractivity contribution >= 4 is 23.1 Å². The monoisotopic (exact) mass is 602 g/mol. The molecular weight excluding hydrogens is 552 g/mol. The molecule has 44 heavy (non-hydrogen) atoms. The van der Waals surface area contributed by atoms with Gasteiger partial charge in [-0.05, 0) is 87.3 Å². The van der Waals surface area contributed by atoms with E-state index < -0.39 is 56.4 Å². The van der Waals surface area contributed by atoms with Crippen molar-refractivity contribution in [1.29, 1.82) is 0 Å². The first kappa shape index (κ1) is 34.8. The van der Waals surface area contributed by atoms with Gasteiger partial charge in [0.05, 0.1) is 5.41 Å². The summed E-state index contributed by atoms with van der Waals surface area (Å²) in [5.41, 5.74) is -2.88. The molecule has 4 atom stereocenters. The molecule has 2 saturated carbocycles. The van der Waals surface area contributed by atoms with E-state index in [0.29, 0.717) is 0 Å². The number of fused-ring (bicyclic) bond motifs is 2. The third-order valence-electron chi connectivity index (χ3n) is 9.65. The summed E-state index contributed by atoms with van der Waals surface area (Å²) in [5.74, 6) is -3.47. The third kappa shape index (κ3) is 6.00. The van der Waals surface area contributed by atoms with Crippen LogP contribution in [0.5, 0.6) is 11.5 Å². The van der Waals surface area contributed by atoms with Crippen LogP contribution in [0.15, 0.2) is 71.9 Å². The van der Waals surface area contributed by atoms with Crippen molar-refractivity contribution in [2.45, 2.75) is 81.6 Å². The highest BCUT2D eigenvalue weighted by molar-refractivity contribution is 6.41. The van der Waals surface area contributed by atoms with Crippen LogP contribution in [0.1, 0.15) is 87.1 Å². The van der Waals surface area contributed by atoms with Gasteiger partial charge >= 0.3 is 0 Å². The minimum absolute atomic E-state index is 0.00199. The maximum Gasteiger partial charge on any atom is 0.184 e. The number of rotatable bonds is 10. The molecule has 0 radical (unpaired) electrons. The van der Waals surface area contributed by atoms with Gasteiger partial charge in [-0.3, -0.25) is 14.4 Å². The van der Waals surface area contributed by atoms with Crippen LogP contribution in [0.3, 0.4) is 0 Å². The number of hydrogen-bond donors (Lipinski definition) is 3.